The van der Waals surface area contributed by atoms with Gasteiger partial charge in [-0.15, -0.1) is 0 Å². The van der Waals surface area contributed by atoms with Gasteiger partial charge in [0.15, 0.2) is 0 Å². The van der Waals surface area contributed by atoms with Crippen LogP contribution in [0.1, 0.15) is 34.1 Å². The van der Waals surface area contributed by atoms with E-state index in [4.69, 9.17) is 10.5 Å². The zero-order valence-corrected chi connectivity index (χ0v) is 11.2. The van der Waals surface area contributed by atoms with Gasteiger partial charge in [0.05, 0.1) is 18.8 Å². The molecule has 0 saturated carbocycles. The fourth-order valence-corrected chi connectivity index (χ4v) is 1.43. The monoisotopic (exact) mass is 230 g/mol. The fraction of sp³-hybridized carbons (Fsp3) is 0.917. The van der Waals surface area contributed by atoms with Crippen molar-refractivity contribution < 1.29 is 9.53 Å². The highest BCUT2D eigenvalue weighted by Crippen LogP contribution is 2.05. The molecule has 0 radical (unpaired) electrons. The van der Waals surface area contributed by atoms with E-state index in [0.29, 0.717) is 19.1 Å². The first-order valence-corrected chi connectivity index (χ1v) is 5.96. The number of nitrogens with zero attached hydrogens (tertiary/aromatic N) is 1. The lowest BCUT2D eigenvalue weighted by Crippen LogP contribution is -2.43. The van der Waals surface area contributed by atoms with Gasteiger partial charge in [-0.3, -0.25) is 4.79 Å². The van der Waals surface area contributed by atoms with E-state index in [1.807, 2.05) is 13.8 Å². The van der Waals surface area contributed by atoms with Gasteiger partial charge in [0.25, 0.3) is 0 Å². The Balaban J connectivity index is 3.88. The highest BCUT2D eigenvalue weighted by atomic mass is 16.5. The molecule has 0 aliphatic carbocycles. The standard InChI is InChI=1S/C12H26N2O2/c1-9(2)8-11(13)12(15)14(5)6-7-16-10(3)4/h9-11H,6-8,13H2,1-5H3. The maximum atomic E-state index is 11.8. The minimum Gasteiger partial charge on any atom is -0.377 e. The second-order valence-corrected chi connectivity index (χ2v) is 4.92. The smallest absolute Gasteiger partial charge is 0.239 e. The number of carbonyl (C=O) groups excluding carboxylic acids is 1. The van der Waals surface area contributed by atoms with Gasteiger partial charge >= 0.3 is 0 Å². The van der Waals surface area contributed by atoms with Crippen LogP contribution in [0.5, 0.6) is 0 Å². The van der Waals surface area contributed by atoms with E-state index in [-0.39, 0.29) is 18.1 Å². The first kappa shape index (κ1) is 15.4. The molecule has 0 saturated heterocycles. The summed E-state index contributed by atoms with van der Waals surface area (Å²) in [5, 5.41) is 0. The Kier molecular flexibility index (Phi) is 7.34. The molecule has 0 aromatic carbocycles. The third kappa shape index (κ3) is 6.80. The molecule has 0 bridgehead atoms. The summed E-state index contributed by atoms with van der Waals surface area (Å²) in [6, 6.07) is -0.385. The molecule has 2 N–H and O–H groups in total. The van der Waals surface area contributed by atoms with Crippen LogP contribution in [0.3, 0.4) is 0 Å². The Hall–Kier alpha value is -0.610. The van der Waals surface area contributed by atoms with Crippen molar-refractivity contribution in [1.29, 1.82) is 0 Å². The van der Waals surface area contributed by atoms with Crippen molar-refractivity contribution in [2.45, 2.75) is 46.3 Å². The molecule has 96 valence electrons. The predicted molar refractivity (Wildman–Crippen MR) is 66.2 cm³/mol. The van der Waals surface area contributed by atoms with Gasteiger partial charge in [-0.1, -0.05) is 13.8 Å². The summed E-state index contributed by atoms with van der Waals surface area (Å²) < 4.78 is 5.39. The van der Waals surface area contributed by atoms with Crippen molar-refractivity contribution >= 4 is 5.91 Å². The predicted octanol–water partition coefficient (Wildman–Crippen LogP) is 1.24. The van der Waals surface area contributed by atoms with Crippen LogP contribution in [0, 0.1) is 5.92 Å². The zero-order valence-electron chi connectivity index (χ0n) is 11.2. The van der Waals surface area contributed by atoms with Crippen molar-refractivity contribution in [3.63, 3.8) is 0 Å². The van der Waals surface area contributed by atoms with Crippen molar-refractivity contribution in [2.75, 3.05) is 20.2 Å². The highest BCUT2D eigenvalue weighted by molar-refractivity contribution is 5.81. The van der Waals surface area contributed by atoms with Crippen LogP contribution in [-0.4, -0.2) is 43.2 Å². The molecule has 0 fully saturated rings. The van der Waals surface area contributed by atoms with E-state index in [0.717, 1.165) is 6.42 Å². The molecule has 1 unspecified atom stereocenters. The Morgan fingerprint density at radius 3 is 2.31 bits per heavy atom. The lowest BCUT2D eigenvalue weighted by molar-refractivity contribution is -0.132. The summed E-state index contributed by atoms with van der Waals surface area (Å²) in [4.78, 5) is 13.4. The third-order valence-corrected chi connectivity index (χ3v) is 2.30. The van der Waals surface area contributed by atoms with Gasteiger partial charge in [0.2, 0.25) is 5.91 Å². The number of nitrogens with two attached hydrogens (primary N) is 1. The zero-order chi connectivity index (χ0) is 12.7. The van der Waals surface area contributed by atoms with Crippen LogP contribution in [0.15, 0.2) is 0 Å². The SMILES string of the molecule is CC(C)CC(N)C(=O)N(C)CCOC(C)C. The van der Waals surface area contributed by atoms with E-state index < -0.39 is 0 Å². The van der Waals surface area contributed by atoms with Gasteiger partial charge in [-0.05, 0) is 26.2 Å². The third-order valence-electron chi connectivity index (χ3n) is 2.30. The molecule has 0 aromatic rings. The average molecular weight is 230 g/mol. The molecule has 16 heavy (non-hydrogen) atoms. The van der Waals surface area contributed by atoms with E-state index in [2.05, 4.69) is 13.8 Å². The summed E-state index contributed by atoms with van der Waals surface area (Å²) in [5.74, 6) is 0.445. The second-order valence-electron chi connectivity index (χ2n) is 4.92. The first-order chi connectivity index (χ1) is 7.34. The molecular weight excluding hydrogens is 204 g/mol. The Bertz CT molecular complexity index is 205. The van der Waals surface area contributed by atoms with E-state index in [9.17, 15) is 4.79 Å². The van der Waals surface area contributed by atoms with Gasteiger partial charge in [-0.25, -0.2) is 0 Å². The van der Waals surface area contributed by atoms with Crippen LogP contribution >= 0.6 is 0 Å². The average Bonchev–Trinajstić information content (AvgIpc) is 2.14. The first-order valence-electron chi connectivity index (χ1n) is 5.96. The molecule has 0 aromatic heterocycles. The maximum absolute atomic E-state index is 11.8. The molecular formula is C12H26N2O2. The lowest BCUT2D eigenvalue weighted by Gasteiger charge is -2.22. The minimum atomic E-state index is -0.385. The minimum absolute atomic E-state index is 0.000978. The number of hydrogen-bond donors (Lipinski definition) is 1. The van der Waals surface area contributed by atoms with Gasteiger partial charge in [-0.2, -0.15) is 0 Å². The molecule has 0 aliphatic rings. The number of hydrogen-bond acceptors (Lipinski definition) is 3. The summed E-state index contributed by atoms with van der Waals surface area (Å²) in [6.07, 6.45) is 0.932. The molecule has 0 spiro atoms. The Morgan fingerprint density at radius 1 is 1.31 bits per heavy atom. The second kappa shape index (κ2) is 7.63. The van der Waals surface area contributed by atoms with Crippen molar-refractivity contribution in [3.05, 3.63) is 0 Å². The molecule has 0 heterocycles. The van der Waals surface area contributed by atoms with Gasteiger partial charge < -0.3 is 15.4 Å². The van der Waals surface area contributed by atoms with Crippen LogP contribution < -0.4 is 5.73 Å². The normalized spacial score (nSPS) is 13.2. The summed E-state index contributed by atoms with van der Waals surface area (Å²) in [5.41, 5.74) is 5.82. The summed E-state index contributed by atoms with van der Waals surface area (Å²) in [7, 11) is 1.77. The highest BCUT2D eigenvalue weighted by Gasteiger charge is 2.18. The maximum Gasteiger partial charge on any atom is 0.239 e. The van der Waals surface area contributed by atoms with E-state index >= 15 is 0 Å². The largest absolute Gasteiger partial charge is 0.377 e. The Labute approximate surface area is 99.1 Å². The number of likely N-dealkylation sites (N-methyl/N-ethyl adjacent to an activating group) is 1. The lowest BCUT2D eigenvalue weighted by atomic mass is 10.0. The van der Waals surface area contributed by atoms with Crippen molar-refractivity contribution in [3.8, 4) is 0 Å². The molecule has 1 atom stereocenters. The van der Waals surface area contributed by atoms with E-state index in [1.165, 1.54) is 0 Å². The van der Waals surface area contributed by atoms with Crippen LogP contribution in [0.2, 0.25) is 0 Å². The summed E-state index contributed by atoms with van der Waals surface area (Å²) >= 11 is 0. The number of ether oxygens (including phenoxy) is 1. The molecule has 4 heteroatoms. The number of amides is 1. The van der Waals surface area contributed by atoms with Crippen LogP contribution in [-0.2, 0) is 9.53 Å². The number of carbonyl (C=O) groups is 1. The topological polar surface area (TPSA) is 55.6 Å². The van der Waals surface area contributed by atoms with Gasteiger partial charge in [0.1, 0.15) is 0 Å². The van der Waals surface area contributed by atoms with Crippen LogP contribution in [0.25, 0.3) is 0 Å². The van der Waals surface area contributed by atoms with E-state index in [1.54, 1.807) is 11.9 Å². The molecule has 0 aliphatic heterocycles. The van der Waals surface area contributed by atoms with Gasteiger partial charge in [0, 0.05) is 13.6 Å². The number of rotatable bonds is 7. The van der Waals surface area contributed by atoms with Crippen LogP contribution in [0.4, 0.5) is 0 Å². The quantitative estimate of drug-likeness (QED) is 0.716. The fourth-order valence-electron chi connectivity index (χ4n) is 1.43. The summed E-state index contributed by atoms with van der Waals surface area (Å²) in [6.45, 7) is 9.25. The molecule has 4 nitrogen and oxygen atoms in total. The molecule has 0 rings (SSSR count). The van der Waals surface area contributed by atoms with Crippen molar-refractivity contribution in [1.82, 2.24) is 4.90 Å². The Morgan fingerprint density at radius 2 is 1.88 bits per heavy atom. The molecule has 1 amide bonds. The van der Waals surface area contributed by atoms with Crippen molar-refractivity contribution in [2.24, 2.45) is 11.7 Å².